The van der Waals surface area contributed by atoms with Crippen LogP contribution < -0.4 is 0 Å². The van der Waals surface area contributed by atoms with Crippen molar-refractivity contribution in [2.45, 2.75) is 25.3 Å². The minimum Gasteiger partial charge on any atom is -0.265 e. The molecule has 2 rings (SSSR count). The van der Waals surface area contributed by atoms with Gasteiger partial charge in [0.2, 0.25) is 0 Å². The van der Waals surface area contributed by atoms with E-state index < -0.39 is 15.0 Å². The number of hydrogen-bond acceptors (Lipinski definition) is 5. The van der Waals surface area contributed by atoms with Crippen molar-refractivity contribution in [3.8, 4) is 0 Å². The molecule has 0 radical (unpaired) electrons. The highest BCUT2D eigenvalue weighted by Crippen LogP contribution is 2.13. The van der Waals surface area contributed by atoms with Gasteiger partial charge in [0.15, 0.2) is 7.05 Å². The largest absolute Gasteiger partial charge is 0.297 e. The maximum atomic E-state index is 11.8. The van der Waals surface area contributed by atoms with Crippen LogP contribution in [0.4, 0.5) is 8.78 Å². The Labute approximate surface area is 160 Å². The fourth-order valence-electron chi connectivity index (χ4n) is 1.38. The average Bonchev–Trinajstić information content (AvgIpc) is 2.72. The lowest BCUT2D eigenvalue weighted by Crippen LogP contribution is -2.06. The van der Waals surface area contributed by atoms with Crippen LogP contribution in [-0.4, -0.2) is 34.7 Å². The van der Waals surface area contributed by atoms with Gasteiger partial charge in [0.25, 0.3) is 10.1 Å². The third kappa shape index (κ3) is 16.8. The zero-order valence-electron chi connectivity index (χ0n) is 16.1. The van der Waals surface area contributed by atoms with Crippen LogP contribution in [0.5, 0.6) is 0 Å². The predicted molar refractivity (Wildman–Crippen MR) is 103 cm³/mol. The van der Waals surface area contributed by atoms with Crippen molar-refractivity contribution in [3.63, 3.8) is 0 Å². The Morgan fingerprint density at radius 3 is 1.59 bits per heavy atom. The number of rotatable bonds is 4. The lowest BCUT2D eigenvalue weighted by molar-refractivity contribution is -0.445. The highest BCUT2D eigenvalue weighted by atomic mass is 32.2. The summed E-state index contributed by atoms with van der Waals surface area (Å²) in [6.07, 6.45) is 0. The molecule has 2 aromatic carbocycles. The first-order valence-electron chi connectivity index (χ1n) is 7.74. The fourth-order valence-corrected chi connectivity index (χ4v) is 2.29. The molecule has 0 aliphatic carbocycles. The normalized spacial score (nSPS) is 8.70. The number of nitrogens with zero attached hydrogens (tertiary/aromatic N) is 1. The predicted octanol–water partition coefficient (Wildman–Crippen LogP) is 4.68. The van der Waals surface area contributed by atoms with E-state index in [1.165, 1.54) is 12.1 Å². The van der Waals surface area contributed by atoms with Crippen LogP contribution in [0.2, 0.25) is 0 Å². The quantitative estimate of drug-likeness (QED) is 0.417. The van der Waals surface area contributed by atoms with Gasteiger partial charge in [-0.05, 0) is 17.7 Å². The van der Waals surface area contributed by atoms with Gasteiger partial charge in [-0.2, -0.15) is 8.42 Å². The summed E-state index contributed by atoms with van der Waals surface area (Å²) in [6.45, 7) is 4.05. The molecular formula is C18H27F2NO5S. The lowest BCUT2D eigenvalue weighted by Gasteiger charge is -2.05. The van der Waals surface area contributed by atoms with Crippen LogP contribution >= 0.6 is 0 Å². The van der Waals surface area contributed by atoms with Gasteiger partial charge in [0.05, 0.1) is 25.9 Å². The highest BCUT2D eigenvalue weighted by molar-refractivity contribution is 7.86. The Kier molecular flexibility index (Phi) is 21.7. The summed E-state index contributed by atoms with van der Waals surface area (Å²) in [4.78, 5) is 8.48. The summed E-state index contributed by atoms with van der Waals surface area (Å²) in [6, 6.07) is 17.3. The summed E-state index contributed by atoms with van der Waals surface area (Å²) in [5.74, 6) is 0. The topological polar surface area (TPSA) is 86.5 Å². The van der Waals surface area contributed by atoms with E-state index in [9.17, 15) is 17.2 Å². The van der Waals surface area contributed by atoms with Crippen LogP contribution in [0, 0.1) is 10.1 Å². The summed E-state index contributed by atoms with van der Waals surface area (Å²) in [5.41, 5.74) is 0.826. The monoisotopic (exact) mass is 407 g/mol. The van der Waals surface area contributed by atoms with Crippen LogP contribution in [0.3, 0.4) is 0 Å². The smallest absolute Gasteiger partial charge is 0.265 e. The molecule has 0 aromatic heterocycles. The first kappa shape index (κ1) is 29.4. The molecule has 2 aromatic rings. The number of hydrogen-bond donors (Lipinski definition) is 0. The molecule has 0 fully saturated rings. The Morgan fingerprint density at radius 1 is 0.889 bits per heavy atom. The summed E-state index contributed by atoms with van der Waals surface area (Å²) >= 11 is 0. The van der Waals surface area contributed by atoms with Crippen LogP contribution in [0.25, 0.3) is 0 Å². The van der Waals surface area contributed by atoms with Gasteiger partial charge < -0.3 is 0 Å². The molecule has 6 nitrogen and oxygen atoms in total. The van der Waals surface area contributed by atoms with E-state index in [1.54, 1.807) is 18.2 Å². The second kappa shape index (κ2) is 19.9. The van der Waals surface area contributed by atoms with E-state index in [0.717, 1.165) is 12.6 Å². The van der Waals surface area contributed by atoms with Crippen molar-refractivity contribution in [1.29, 1.82) is 0 Å². The molecule has 0 N–H and O–H groups in total. The second-order valence-corrected chi connectivity index (χ2v) is 5.57. The van der Waals surface area contributed by atoms with Gasteiger partial charge in [-0.3, -0.25) is 23.1 Å². The third-order valence-electron chi connectivity index (χ3n) is 2.26. The van der Waals surface area contributed by atoms with Gasteiger partial charge in [-0.25, -0.2) is 0 Å². The van der Waals surface area contributed by atoms with Crippen molar-refractivity contribution in [3.05, 3.63) is 76.3 Å². The van der Waals surface area contributed by atoms with E-state index in [2.05, 4.69) is 0 Å². The second-order valence-electron chi connectivity index (χ2n) is 3.95. The average molecular weight is 407 g/mol. The number of benzene rings is 2. The summed E-state index contributed by atoms with van der Waals surface area (Å²) < 4.78 is 47.5. The first-order valence-corrected chi connectivity index (χ1v) is 9.14. The van der Waals surface area contributed by atoms with Gasteiger partial charge >= 0.3 is 0 Å². The SMILES string of the molecule is CC.CF.CF.C[N+](=O)[O-].O=S(=O)(OCc1ccccc1)c1ccccc1. The molecular weight excluding hydrogens is 380 g/mol. The van der Waals surface area contributed by atoms with E-state index in [-0.39, 0.29) is 11.5 Å². The number of nitro groups is 1. The van der Waals surface area contributed by atoms with Crippen molar-refractivity contribution in [1.82, 2.24) is 0 Å². The van der Waals surface area contributed by atoms with Crippen LogP contribution in [0.15, 0.2) is 65.6 Å². The molecule has 0 aliphatic heterocycles. The molecule has 0 heterocycles. The molecule has 0 atom stereocenters. The van der Waals surface area contributed by atoms with E-state index in [1.807, 2.05) is 44.2 Å². The zero-order chi connectivity index (χ0) is 21.7. The maximum absolute atomic E-state index is 11.8. The van der Waals surface area contributed by atoms with Crippen molar-refractivity contribution < 1.29 is 26.3 Å². The van der Waals surface area contributed by atoms with Gasteiger partial charge in [0.1, 0.15) is 0 Å². The molecule has 0 spiro atoms. The van der Waals surface area contributed by atoms with Crippen molar-refractivity contribution in [2.24, 2.45) is 0 Å². The van der Waals surface area contributed by atoms with Crippen molar-refractivity contribution in [2.75, 3.05) is 21.4 Å². The molecule has 27 heavy (non-hydrogen) atoms. The minimum atomic E-state index is -3.66. The van der Waals surface area contributed by atoms with Crippen molar-refractivity contribution >= 4 is 10.1 Å². The van der Waals surface area contributed by atoms with E-state index in [0.29, 0.717) is 14.4 Å². The molecule has 0 amide bonds. The van der Waals surface area contributed by atoms with Gasteiger partial charge in [-0.1, -0.05) is 62.4 Å². The summed E-state index contributed by atoms with van der Waals surface area (Å²) in [7, 11) is -1.77. The zero-order valence-corrected chi connectivity index (χ0v) is 16.9. The van der Waals surface area contributed by atoms with Gasteiger partial charge in [-0.15, -0.1) is 0 Å². The molecule has 0 aliphatic rings. The van der Waals surface area contributed by atoms with Crippen LogP contribution in [0.1, 0.15) is 19.4 Å². The molecule has 154 valence electrons. The lowest BCUT2D eigenvalue weighted by atomic mass is 10.2. The Morgan fingerprint density at radius 2 is 1.22 bits per heavy atom. The number of halogens is 2. The highest BCUT2D eigenvalue weighted by Gasteiger charge is 2.14. The van der Waals surface area contributed by atoms with Gasteiger partial charge in [0, 0.05) is 4.92 Å². The summed E-state index contributed by atoms with van der Waals surface area (Å²) in [5, 5.41) is 8.81. The number of alkyl halides is 2. The standard InChI is InChI=1S/C13H12O3S.C2H6.2CH3F.CH3NO2/c14-17(15,13-9-5-2-6-10-13)16-11-12-7-3-1-4-8-12;3*1-2;1-2(3)4/h1-10H,11H2;1-2H3;2*1H3;1H3. The molecule has 0 bridgehead atoms. The van der Waals surface area contributed by atoms with E-state index in [4.69, 9.17) is 14.3 Å². The minimum absolute atomic E-state index is 0.0536. The van der Waals surface area contributed by atoms with Crippen LogP contribution in [-0.2, 0) is 20.9 Å². The molecule has 0 saturated heterocycles. The fraction of sp³-hybridized carbons (Fsp3) is 0.333. The molecule has 9 heteroatoms. The third-order valence-corrected chi connectivity index (χ3v) is 3.53. The Balaban J connectivity index is -0.000000492. The van der Waals surface area contributed by atoms with E-state index >= 15 is 0 Å². The first-order chi connectivity index (χ1) is 12.9. The Hall–Kier alpha value is -2.39. The maximum Gasteiger partial charge on any atom is 0.297 e. The molecule has 0 unspecified atom stereocenters. The Bertz CT molecular complexity index is 665. The molecule has 0 saturated carbocycles.